The highest BCUT2D eigenvalue weighted by molar-refractivity contribution is 6.14. The maximum Gasteiger partial charge on any atom is 0.432 e. The molecule has 0 atom stereocenters. The fourth-order valence-corrected chi connectivity index (χ4v) is 1.82. The molecule has 0 radical (unpaired) electrons. The third kappa shape index (κ3) is 5.86. The number of carbonyl (C=O) groups is 2. The van der Waals surface area contributed by atoms with Crippen LogP contribution in [0.15, 0.2) is 18.2 Å². The summed E-state index contributed by atoms with van der Waals surface area (Å²) in [5.74, 6) is 0. The summed E-state index contributed by atoms with van der Waals surface area (Å²) >= 11 is 0. The summed E-state index contributed by atoms with van der Waals surface area (Å²) in [6.45, 7) is 10.5. The highest BCUT2D eigenvalue weighted by Gasteiger charge is 2.36. The Morgan fingerprint density at radius 3 is 1.62 bits per heavy atom. The second-order valence-corrected chi connectivity index (χ2v) is 7.17. The molecule has 132 valence electrons. The van der Waals surface area contributed by atoms with Gasteiger partial charge in [0.05, 0.1) is 5.69 Å². The van der Waals surface area contributed by atoms with Crippen LogP contribution in [0.3, 0.4) is 0 Å². The molecule has 7 nitrogen and oxygen atoms in total. The van der Waals surface area contributed by atoms with Gasteiger partial charge in [-0.05, 0) is 59.2 Å². The first-order valence-corrected chi connectivity index (χ1v) is 7.52. The van der Waals surface area contributed by atoms with Crippen LogP contribution < -0.4 is 4.90 Å². The molecule has 2 amide bonds. The number of ether oxygens (including phenoxy) is 2. The van der Waals surface area contributed by atoms with Gasteiger partial charge in [0.1, 0.15) is 11.2 Å². The zero-order valence-electron chi connectivity index (χ0n) is 14.9. The molecule has 0 heterocycles. The van der Waals surface area contributed by atoms with E-state index in [0.717, 1.165) is 16.0 Å². The zero-order chi connectivity index (χ0) is 18.7. The van der Waals surface area contributed by atoms with Crippen LogP contribution in [0.1, 0.15) is 41.5 Å². The predicted octanol–water partition coefficient (Wildman–Crippen LogP) is 2.58. The van der Waals surface area contributed by atoms with Gasteiger partial charge in [-0.1, -0.05) is 6.07 Å². The van der Waals surface area contributed by atoms with Crippen molar-refractivity contribution in [2.24, 2.45) is 0 Å². The largest absolute Gasteiger partial charge is 0.443 e. The zero-order valence-corrected chi connectivity index (χ0v) is 14.9. The maximum absolute atomic E-state index is 12.3. The van der Waals surface area contributed by atoms with E-state index in [0.29, 0.717) is 5.69 Å². The van der Waals surface area contributed by atoms with Crippen LogP contribution in [0.2, 0.25) is 0 Å². The molecule has 2 N–H and O–H groups in total. The third-order valence-electron chi connectivity index (χ3n) is 2.62. The molecule has 0 bridgehead atoms. The van der Waals surface area contributed by atoms with E-state index in [1.54, 1.807) is 47.6 Å². The van der Waals surface area contributed by atoms with Crippen LogP contribution in [0, 0.1) is 0 Å². The molecule has 0 aromatic rings. The Bertz CT molecular complexity index is 590. The van der Waals surface area contributed by atoms with E-state index in [2.05, 4.69) is 0 Å². The molecule has 0 unspecified atom stereocenters. The lowest BCUT2D eigenvalue weighted by atomic mass is 10.2. The standard InChI is InChI=1S/C16H21NO4.BH3O2/c1-15(2,3)20-13(18)17(14(19)21-16(4,5)6)12-8-7-10-9-11(10)12;2-1-3/h7-9H,1-6H3;1-3H. The number of fused-ring (bicyclic) bond motifs is 1. The maximum atomic E-state index is 12.3. The van der Waals surface area contributed by atoms with Crippen molar-refractivity contribution in [3.63, 3.8) is 0 Å². The smallest absolute Gasteiger partial charge is 0.432 e. The topological polar surface area (TPSA) is 96.3 Å². The van der Waals surface area contributed by atoms with Gasteiger partial charge in [-0.25, -0.2) is 9.59 Å². The van der Waals surface area contributed by atoms with Crippen molar-refractivity contribution < 1.29 is 29.1 Å². The van der Waals surface area contributed by atoms with Gasteiger partial charge in [-0.15, -0.1) is 0 Å². The molecular formula is C16H24BNO6. The molecule has 0 aromatic carbocycles. The van der Waals surface area contributed by atoms with Crippen molar-refractivity contribution in [2.45, 2.75) is 52.7 Å². The van der Waals surface area contributed by atoms with Crippen molar-refractivity contribution >= 4 is 25.6 Å². The van der Waals surface area contributed by atoms with E-state index in [-0.39, 0.29) is 0 Å². The fraction of sp³-hybridized carbons (Fsp3) is 0.500. The monoisotopic (exact) mass is 337 g/mol. The SMILES string of the molecule is CC(C)(C)OC(=O)N(C(=O)OC(C)(C)C)c1ccc2cc1-2.OBO. The summed E-state index contributed by atoms with van der Waals surface area (Å²) in [6, 6.07) is 5.47. The van der Waals surface area contributed by atoms with Crippen LogP contribution in [-0.2, 0) is 9.47 Å². The average Bonchev–Trinajstić information content (AvgIpc) is 3.01. The number of amides is 2. The van der Waals surface area contributed by atoms with Crippen LogP contribution in [-0.4, -0.2) is 41.1 Å². The van der Waals surface area contributed by atoms with Crippen LogP contribution in [0.4, 0.5) is 15.3 Å². The van der Waals surface area contributed by atoms with Gasteiger partial charge in [0.15, 0.2) is 0 Å². The lowest BCUT2D eigenvalue weighted by Gasteiger charge is -2.28. The minimum absolute atomic E-state index is 0.508. The first kappa shape index (κ1) is 20.0. The molecule has 2 rings (SSSR count). The van der Waals surface area contributed by atoms with Gasteiger partial charge < -0.3 is 19.5 Å². The summed E-state index contributed by atoms with van der Waals surface area (Å²) in [5.41, 5.74) is 1.04. The number of carbonyl (C=O) groups excluding carboxylic acids is 2. The Balaban J connectivity index is 0.000000891. The molecular weight excluding hydrogens is 313 g/mol. The first-order valence-electron chi connectivity index (χ1n) is 7.52. The van der Waals surface area contributed by atoms with E-state index in [4.69, 9.17) is 19.5 Å². The second-order valence-electron chi connectivity index (χ2n) is 7.17. The van der Waals surface area contributed by atoms with Crippen molar-refractivity contribution in [1.29, 1.82) is 0 Å². The Kier molecular flexibility index (Phi) is 6.02. The first-order chi connectivity index (χ1) is 10.9. The van der Waals surface area contributed by atoms with Crippen LogP contribution in [0.5, 0.6) is 0 Å². The number of anilines is 1. The van der Waals surface area contributed by atoms with Crippen LogP contribution >= 0.6 is 0 Å². The Morgan fingerprint density at radius 2 is 1.38 bits per heavy atom. The van der Waals surface area contributed by atoms with E-state index >= 15 is 0 Å². The van der Waals surface area contributed by atoms with Gasteiger partial charge in [0.2, 0.25) is 0 Å². The molecule has 0 spiro atoms. The van der Waals surface area contributed by atoms with Crippen molar-refractivity contribution in [1.82, 2.24) is 0 Å². The Hall–Kier alpha value is -2.06. The molecule has 0 saturated heterocycles. The van der Waals surface area contributed by atoms with Crippen molar-refractivity contribution in [3.05, 3.63) is 18.2 Å². The molecule has 2 aliphatic rings. The van der Waals surface area contributed by atoms with Crippen molar-refractivity contribution in [2.75, 3.05) is 4.90 Å². The Labute approximate surface area is 142 Å². The summed E-state index contributed by atoms with van der Waals surface area (Å²) in [7, 11) is -0.750. The van der Waals surface area contributed by atoms with E-state index < -0.39 is 31.1 Å². The minimum Gasteiger partial charge on any atom is -0.443 e. The second kappa shape index (κ2) is 7.23. The third-order valence-corrected chi connectivity index (χ3v) is 2.62. The quantitative estimate of drug-likeness (QED) is 0.777. The molecule has 0 fully saturated rings. The highest BCUT2D eigenvalue weighted by Crippen LogP contribution is 2.44. The predicted molar refractivity (Wildman–Crippen MR) is 92.0 cm³/mol. The molecule has 2 aliphatic carbocycles. The normalized spacial score (nSPS) is 11.7. The number of hydrogen-bond acceptors (Lipinski definition) is 6. The van der Waals surface area contributed by atoms with Gasteiger partial charge in [0, 0.05) is 5.56 Å². The number of benzene rings is 1. The minimum atomic E-state index is -0.750. The number of nitrogens with zero attached hydrogens (tertiary/aromatic N) is 1. The number of imide groups is 1. The van der Waals surface area contributed by atoms with Crippen LogP contribution in [0.25, 0.3) is 11.1 Å². The molecule has 0 aromatic heterocycles. The lowest BCUT2D eigenvalue weighted by molar-refractivity contribution is 0.0431. The summed E-state index contributed by atoms with van der Waals surface area (Å²) < 4.78 is 10.6. The molecule has 0 aliphatic heterocycles. The lowest BCUT2D eigenvalue weighted by Crippen LogP contribution is -2.43. The van der Waals surface area contributed by atoms with E-state index in [1.807, 2.05) is 12.1 Å². The highest BCUT2D eigenvalue weighted by atomic mass is 16.6. The van der Waals surface area contributed by atoms with Gasteiger partial charge in [-0.2, -0.15) is 4.90 Å². The molecule has 0 saturated carbocycles. The molecule has 8 heteroatoms. The van der Waals surface area contributed by atoms with Gasteiger partial charge in [-0.3, -0.25) is 0 Å². The number of rotatable bonds is 1. The summed E-state index contributed by atoms with van der Waals surface area (Å²) in [5, 5.41) is 14.2. The molecule has 24 heavy (non-hydrogen) atoms. The summed E-state index contributed by atoms with van der Waals surface area (Å²) in [4.78, 5) is 25.7. The van der Waals surface area contributed by atoms with Gasteiger partial charge in [0.25, 0.3) is 0 Å². The summed E-state index contributed by atoms with van der Waals surface area (Å²) in [6.07, 6.45) is -1.46. The fourth-order valence-electron chi connectivity index (χ4n) is 1.82. The average molecular weight is 337 g/mol. The van der Waals surface area contributed by atoms with Gasteiger partial charge >= 0.3 is 19.9 Å². The van der Waals surface area contributed by atoms with E-state index in [9.17, 15) is 9.59 Å². The Morgan fingerprint density at radius 1 is 0.958 bits per heavy atom. The number of hydrogen-bond donors (Lipinski definition) is 2. The van der Waals surface area contributed by atoms with Crippen molar-refractivity contribution in [3.8, 4) is 11.1 Å². The van der Waals surface area contributed by atoms with E-state index in [1.165, 1.54) is 0 Å².